The maximum absolute atomic E-state index is 12.1. The second-order valence-corrected chi connectivity index (χ2v) is 10.9. The molecule has 204 valence electrons. The average Bonchev–Trinajstić information content (AvgIpc) is 3.40. The Kier molecular flexibility index (Phi) is 7.74. The number of carbonyl (C=O) groups is 1. The average molecular weight is 548 g/mol. The highest BCUT2D eigenvalue weighted by Gasteiger charge is 2.33. The molecule has 1 saturated heterocycles. The Labute approximate surface area is 234 Å². The lowest BCUT2D eigenvalue weighted by molar-refractivity contribution is 0.251. The van der Waals surface area contributed by atoms with E-state index in [-0.39, 0.29) is 24.2 Å². The van der Waals surface area contributed by atoms with E-state index in [1.165, 1.54) is 25.9 Å². The van der Waals surface area contributed by atoms with Crippen molar-refractivity contribution < 1.29 is 14.3 Å². The van der Waals surface area contributed by atoms with Crippen molar-refractivity contribution in [1.82, 2.24) is 15.5 Å². The van der Waals surface area contributed by atoms with Crippen LogP contribution in [0.4, 0.5) is 10.5 Å². The number of benzene rings is 2. The van der Waals surface area contributed by atoms with Crippen molar-refractivity contribution in [3.63, 3.8) is 0 Å². The van der Waals surface area contributed by atoms with Crippen LogP contribution in [0.1, 0.15) is 37.7 Å². The molecule has 3 aliphatic heterocycles. The third kappa shape index (κ3) is 6.57. The molecule has 39 heavy (non-hydrogen) atoms. The van der Waals surface area contributed by atoms with Gasteiger partial charge in [-0.2, -0.15) is 0 Å². The fourth-order valence-electron chi connectivity index (χ4n) is 5.12. The van der Waals surface area contributed by atoms with Gasteiger partial charge < -0.3 is 30.3 Å². The van der Waals surface area contributed by atoms with E-state index >= 15 is 0 Å². The third-order valence-electron chi connectivity index (χ3n) is 7.39. The van der Waals surface area contributed by atoms with E-state index < -0.39 is 0 Å². The molecule has 2 aromatic rings. The van der Waals surface area contributed by atoms with Crippen molar-refractivity contribution in [2.75, 3.05) is 31.6 Å². The molecule has 2 fully saturated rings. The molecule has 2 unspecified atom stereocenters. The fraction of sp³-hybridized carbons (Fsp3) is 0.400. The molecule has 0 radical (unpaired) electrons. The van der Waals surface area contributed by atoms with E-state index in [9.17, 15) is 4.79 Å². The minimum atomic E-state index is -0.242. The summed E-state index contributed by atoms with van der Waals surface area (Å²) in [6.07, 6.45) is 11.4. The largest absolute Gasteiger partial charge is 0.494 e. The zero-order valence-electron chi connectivity index (χ0n) is 21.9. The summed E-state index contributed by atoms with van der Waals surface area (Å²) in [6.45, 7) is 4.29. The van der Waals surface area contributed by atoms with Gasteiger partial charge in [0.2, 0.25) is 0 Å². The molecule has 0 bridgehead atoms. The van der Waals surface area contributed by atoms with Crippen molar-refractivity contribution in [2.24, 2.45) is 10.9 Å². The summed E-state index contributed by atoms with van der Waals surface area (Å²) in [5.74, 6) is 2.21. The first kappa shape index (κ1) is 25.8. The van der Waals surface area contributed by atoms with Gasteiger partial charge in [0.1, 0.15) is 23.4 Å². The summed E-state index contributed by atoms with van der Waals surface area (Å²) in [6, 6.07) is 13.5. The molecule has 9 heteroatoms. The van der Waals surface area contributed by atoms with Gasteiger partial charge in [-0.15, -0.1) is 0 Å². The number of anilines is 1. The first-order valence-corrected chi connectivity index (χ1v) is 14.2. The quantitative estimate of drug-likeness (QED) is 0.346. The van der Waals surface area contributed by atoms with Crippen molar-refractivity contribution in [2.45, 2.75) is 44.3 Å². The number of fused-ring (bicyclic) bond motifs is 1. The summed E-state index contributed by atoms with van der Waals surface area (Å²) >= 11 is 6.44. The number of carbonyl (C=O) groups excluding carboxylic acids is 1. The first-order valence-electron chi connectivity index (χ1n) is 13.8. The Balaban J connectivity index is 1.04. The van der Waals surface area contributed by atoms with Gasteiger partial charge in [-0.1, -0.05) is 11.6 Å². The highest BCUT2D eigenvalue weighted by Crippen LogP contribution is 2.35. The number of dihydropyridines is 1. The van der Waals surface area contributed by atoms with Crippen LogP contribution in [0.15, 0.2) is 65.4 Å². The maximum Gasteiger partial charge on any atom is 0.319 e. The van der Waals surface area contributed by atoms with Gasteiger partial charge in [0, 0.05) is 30.6 Å². The maximum atomic E-state index is 12.1. The number of aliphatic imine (C=N–C) groups is 1. The predicted molar refractivity (Wildman–Crippen MR) is 154 cm³/mol. The van der Waals surface area contributed by atoms with Crippen molar-refractivity contribution in [3.05, 3.63) is 71.0 Å². The molecule has 4 aliphatic rings. The van der Waals surface area contributed by atoms with Gasteiger partial charge >= 0.3 is 6.03 Å². The number of nitrogens with one attached hydrogen (secondary N) is 3. The van der Waals surface area contributed by atoms with Crippen LogP contribution in [0.2, 0.25) is 5.02 Å². The Hall–Kier alpha value is -3.49. The highest BCUT2D eigenvalue weighted by atomic mass is 35.5. The summed E-state index contributed by atoms with van der Waals surface area (Å²) in [7, 11) is 0. The van der Waals surface area contributed by atoms with E-state index in [0.29, 0.717) is 16.5 Å². The van der Waals surface area contributed by atoms with Crippen LogP contribution in [-0.4, -0.2) is 55.6 Å². The molecule has 0 spiro atoms. The van der Waals surface area contributed by atoms with Crippen LogP contribution < -0.4 is 25.4 Å². The molecule has 6 rings (SSSR count). The molecule has 2 aromatic carbocycles. The zero-order valence-corrected chi connectivity index (χ0v) is 22.6. The number of urea groups is 1. The van der Waals surface area contributed by atoms with Crippen LogP contribution in [0, 0.1) is 5.92 Å². The van der Waals surface area contributed by atoms with Crippen LogP contribution >= 0.6 is 11.6 Å². The van der Waals surface area contributed by atoms with E-state index in [2.05, 4.69) is 44.1 Å². The molecular formula is C30H34ClN5O3. The number of nitrogens with zero attached hydrogens (tertiary/aromatic N) is 2. The third-order valence-corrected chi connectivity index (χ3v) is 7.70. The first-order chi connectivity index (χ1) is 19.1. The number of amides is 2. The van der Waals surface area contributed by atoms with Crippen molar-refractivity contribution in [1.29, 1.82) is 0 Å². The predicted octanol–water partition coefficient (Wildman–Crippen LogP) is 5.42. The summed E-state index contributed by atoms with van der Waals surface area (Å²) < 4.78 is 12.2. The van der Waals surface area contributed by atoms with Crippen LogP contribution in [0.5, 0.6) is 11.5 Å². The van der Waals surface area contributed by atoms with E-state index in [1.807, 2.05) is 18.2 Å². The van der Waals surface area contributed by atoms with Crippen LogP contribution in [-0.2, 0) is 0 Å². The summed E-state index contributed by atoms with van der Waals surface area (Å²) in [4.78, 5) is 19.2. The van der Waals surface area contributed by atoms with E-state index in [4.69, 9.17) is 21.1 Å². The molecule has 3 N–H and O–H groups in total. The number of likely N-dealkylation sites (tertiary alicyclic amines) is 1. The number of hydrogen-bond acceptors (Lipinski definition) is 6. The lowest BCUT2D eigenvalue weighted by atomic mass is 10.0. The minimum Gasteiger partial charge on any atom is -0.494 e. The van der Waals surface area contributed by atoms with Crippen LogP contribution in [0.3, 0.4) is 0 Å². The number of halogens is 1. The molecule has 2 amide bonds. The van der Waals surface area contributed by atoms with Gasteiger partial charge in [0.25, 0.3) is 0 Å². The zero-order chi connectivity index (χ0) is 26.6. The molecular weight excluding hydrogens is 514 g/mol. The lowest BCUT2D eigenvalue weighted by Crippen LogP contribution is -2.31. The Bertz CT molecular complexity index is 1280. The highest BCUT2D eigenvalue weighted by molar-refractivity contribution is 6.33. The standard InChI is InChI=1S/C30H34ClN5O3/c31-25-18-23(10-11-26(25)35-30(37)33-21-6-7-21)39-28-12-13-32-29-24(28)19-27(34-29)20-4-8-22(9-5-20)38-17-3-16-36-14-1-2-15-36/h4-5,8-13,18-19,21,24,29,34H,1-3,6-7,14-17H2,(H2,33,35,37). The normalized spacial score (nSPS) is 22.0. The lowest BCUT2D eigenvalue weighted by Gasteiger charge is -2.22. The second kappa shape index (κ2) is 11.7. The smallest absolute Gasteiger partial charge is 0.319 e. The topological polar surface area (TPSA) is 87.2 Å². The number of rotatable bonds is 10. The fourth-order valence-corrected chi connectivity index (χ4v) is 5.34. The monoisotopic (exact) mass is 547 g/mol. The Morgan fingerprint density at radius 1 is 1.10 bits per heavy atom. The Morgan fingerprint density at radius 2 is 1.90 bits per heavy atom. The number of allylic oxidation sites excluding steroid dienone is 1. The Morgan fingerprint density at radius 3 is 2.67 bits per heavy atom. The molecule has 3 heterocycles. The minimum absolute atomic E-state index is 0.0487. The van der Waals surface area contributed by atoms with E-state index in [0.717, 1.165) is 55.2 Å². The van der Waals surface area contributed by atoms with E-state index in [1.54, 1.807) is 24.4 Å². The molecule has 1 saturated carbocycles. The van der Waals surface area contributed by atoms with Gasteiger partial charge in [-0.05, 0) is 99.3 Å². The molecule has 8 nitrogen and oxygen atoms in total. The van der Waals surface area contributed by atoms with Gasteiger partial charge in [-0.25, -0.2) is 4.79 Å². The molecule has 2 atom stereocenters. The molecule has 1 aliphatic carbocycles. The summed E-state index contributed by atoms with van der Waals surface area (Å²) in [5, 5.41) is 9.61. The SMILES string of the molecule is O=C(Nc1ccc(OC2=CC=NC3NC(c4ccc(OCCCN5CCCC5)cc4)=CC23)cc1Cl)NC1CC1. The van der Waals surface area contributed by atoms with Gasteiger partial charge in [0.05, 0.1) is 23.2 Å². The molecule has 0 aromatic heterocycles. The van der Waals surface area contributed by atoms with Gasteiger partial charge in [-0.3, -0.25) is 4.99 Å². The van der Waals surface area contributed by atoms with Gasteiger partial charge in [0.15, 0.2) is 0 Å². The van der Waals surface area contributed by atoms with Crippen molar-refractivity contribution >= 4 is 35.2 Å². The van der Waals surface area contributed by atoms with Crippen molar-refractivity contribution in [3.8, 4) is 11.5 Å². The number of hydrogen-bond donors (Lipinski definition) is 3. The summed E-state index contributed by atoms with van der Waals surface area (Å²) in [5.41, 5.74) is 2.63. The second-order valence-electron chi connectivity index (χ2n) is 10.5. The number of ether oxygens (including phenoxy) is 2. The van der Waals surface area contributed by atoms with Crippen LogP contribution in [0.25, 0.3) is 5.70 Å².